The Balaban J connectivity index is 1.38. The van der Waals surface area contributed by atoms with Crippen LogP contribution in [0.4, 0.5) is 0 Å². The van der Waals surface area contributed by atoms with Gasteiger partial charge in [0.15, 0.2) is 10.8 Å². The first-order valence-corrected chi connectivity index (χ1v) is 12.5. The zero-order valence-electron chi connectivity index (χ0n) is 18.8. The highest BCUT2D eigenvalue weighted by molar-refractivity contribution is 6.35. The summed E-state index contributed by atoms with van der Waals surface area (Å²) < 4.78 is 6.66. The van der Waals surface area contributed by atoms with Gasteiger partial charge in [0.2, 0.25) is 5.28 Å². The Morgan fingerprint density at radius 3 is 1.90 bits per heavy atom. The molecule has 2 aromatic heterocycles. The van der Waals surface area contributed by atoms with Crippen molar-refractivity contribution in [3.8, 4) is 0 Å². The van der Waals surface area contributed by atoms with Crippen molar-refractivity contribution in [1.82, 2.24) is 19.5 Å². The second-order valence-corrected chi connectivity index (χ2v) is 8.87. The molecule has 0 aliphatic carbocycles. The van der Waals surface area contributed by atoms with Gasteiger partial charge in [-0.3, -0.25) is 4.79 Å². The molecule has 31 heavy (non-hydrogen) atoms. The maximum atomic E-state index is 11.0. The Labute approximate surface area is 196 Å². The fourth-order valence-electron chi connectivity index (χ4n) is 3.82. The summed E-state index contributed by atoms with van der Waals surface area (Å²) in [4.78, 5) is 23.5. The Hall–Kier alpha value is -1.40. The number of carbonyl (C=O) groups excluding carboxylic acids is 1. The molecular formula is C23H36Cl2N4O2. The fourth-order valence-corrected chi connectivity index (χ4v) is 4.24. The molecule has 174 valence electrons. The van der Waals surface area contributed by atoms with Crippen LogP contribution in [-0.2, 0) is 16.1 Å². The summed E-state index contributed by atoms with van der Waals surface area (Å²) in [6.45, 7) is 0.878. The monoisotopic (exact) mass is 470 g/mol. The summed E-state index contributed by atoms with van der Waals surface area (Å²) in [5.74, 6) is -0.0855. The lowest BCUT2D eigenvalue weighted by Crippen LogP contribution is -1.99. The number of halogens is 2. The van der Waals surface area contributed by atoms with Gasteiger partial charge in [-0.25, -0.2) is 9.97 Å². The summed E-state index contributed by atoms with van der Waals surface area (Å²) in [5, 5.41) is 0.472. The van der Waals surface area contributed by atoms with Gasteiger partial charge < -0.3 is 9.30 Å². The normalized spacial score (nSPS) is 11.3. The molecular weight excluding hydrogens is 435 g/mol. The van der Waals surface area contributed by atoms with Gasteiger partial charge in [-0.2, -0.15) is 4.98 Å². The van der Waals surface area contributed by atoms with Crippen molar-refractivity contribution >= 4 is 40.3 Å². The molecule has 0 spiro atoms. The first-order valence-electron chi connectivity index (χ1n) is 11.7. The van der Waals surface area contributed by atoms with Gasteiger partial charge in [0.1, 0.15) is 5.52 Å². The lowest BCUT2D eigenvalue weighted by molar-refractivity contribution is -0.140. The highest BCUT2D eigenvalue weighted by Gasteiger charge is 2.10. The van der Waals surface area contributed by atoms with Crippen LogP contribution in [0.5, 0.6) is 0 Å². The number of esters is 1. The lowest BCUT2D eigenvalue weighted by atomic mass is 10.0. The zero-order valence-corrected chi connectivity index (χ0v) is 20.3. The smallest absolute Gasteiger partial charge is 0.305 e. The third-order valence-corrected chi connectivity index (χ3v) is 6.08. The van der Waals surface area contributed by atoms with Crippen LogP contribution in [0.1, 0.15) is 96.3 Å². The standard InChI is InChI=1S/C23H36Cl2N4O2/c1-31-19(30)16-14-12-10-8-6-4-2-3-5-7-9-11-13-15-17-29-18-26-20-21(24)27-23(25)28-22(20)29/h18H,2-17H2,1H3. The van der Waals surface area contributed by atoms with Crippen LogP contribution in [0, 0.1) is 0 Å². The summed E-state index contributed by atoms with van der Waals surface area (Å²) in [6.07, 6.45) is 19.9. The quantitative estimate of drug-likeness (QED) is 0.106. The minimum absolute atomic E-state index is 0.0855. The average molecular weight is 471 g/mol. The summed E-state index contributed by atoms with van der Waals surface area (Å²) >= 11 is 12.0. The Kier molecular flexibility index (Phi) is 12.9. The van der Waals surface area contributed by atoms with Gasteiger partial charge in [-0.15, -0.1) is 0 Å². The van der Waals surface area contributed by atoms with E-state index < -0.39 is 0 Å². The largest absolute Gasteiger partial charge is 0.469 e. The van der Waals surface area contributed by atoms with E-state index in [4.69, 9.17) is 23.2 Å². The van der Waals surface area contributed by atoms with Gasteiger partial charge in [0.25, 0.3) is 0 Å². The van der Waals surface area contributed by atoms with Crippen LogP contribution in [-0.4, -0.2) is 32.6 Å². The number of imidazole rings is 1. The van der Waals surface area contributed by atoms with Crippen LogP contribution in [0.3, 0.4) is 0 Å². The summed E-state index contributed by atoms with van der Waals surface area (Å²) in [7, 11) is 1.46. The summed E-state index contributed by atoms with van der Waals surface area (Å²) in [6, 6.07) is 0. The molecule has 6 nitrogen and oxygen atoms in total. The number of ether oxygens (including phenoxy) is 1. The van der Waals surface area contributed by atoms with Crippen molar-refractivity contribution in [3.05, 3.63) is 16.8 Å². The molecule has 0 fully saturated rings. The van der Waals surface area contributed by atoms with Gasteiger partial charge in [-0.1, -0.05) is 88.7 Å². The van der Waals surface area contributed by atoms with Crippen molar-refractivity contribution in [2.24, 2.45) is 0 Å². The molecule has 0 saturated heterocycles. The van der Waals surface area contributed by atoms with E-state index in [1.165, 1.54) is 77.7 Å². The zero-order chi connectivity index (χ0) is 22.3. The number of nitrogens with zero attached hydrogens (tertiary/aromatic N) is 4. The van der Waals surface area contributed by atoms with Crippen molar-refractivity contribution in [3.63, 3.8) is 0 Å². The Bertz CT molecular complexity index is 782. The minimum atomic E-state index is -0.0855. The van der Waals surface area contributed by atoms with Crippen LogP contribution in [0.25, 0.3) is 11.2 Å². The first kappa shape index (κ1) is 25.9. The van der Waals surface area contributed by atoms with Crippen LogP contribution < -0.4 is 0 Å². The molecule has 2 aromatic rings. The maximum absolute atomic E-state index is 11.0. The molecule has 0 atom stereocenters. The second kappa shape index (κ2) is 15.4. The molecule has 8 heteroatoms. The average Bonchev–Trinajstić information content (AvgIpc) is 3.16. The number of hydrogen-bond acceptors (Lipinski definition) is 5. The molecule has 0 bridgehead atoms. The van der Waals surface area contributed by atoms with Gasteiger partial charge in [0.05, 0.1) is 13.4 Å². The van der Waals surface area contributed by atoms with Gasteiger partial charge in [-0.05, 0) is 24.4 Å². The predicted molar refractivity (Wildman–Crippen MR) is 127 cm³/mol. The van der Waals surface area contributed by atoms with Crippen molar-refractivity contribution in [2.75, 3.05) is 7.11 Å². The molecule has 2 rings (SSSR count). The molecule has 0 amide bonds. The van der Waals surface area contributed by atoms with E-state index in [9.17, 15) is 4.79 Å². The number of carbonyl (C=O) groups is 1. The van der Waals surface area contributed by atoms with E-state index in [0.717, 1.165) is 25.8 Å². The topological polar surface area (TPSA) is 69.9 Å². The third kappa shape index (κ3) is 10.2. The highest BCUT2D eigenvalue weighted by Crippen LogP contribution is 2.21. The van der Waals surface area contributed by atoms with Crippen molar-refractivity contribution < 1.29 is 9.53 Å². The van der Waals surface area contributed by atoms with Gasteiger partial charge >= 0.3 is 5.97 Å². The fraction of sp³-hybridized carbons (Fsp3) is 0.739. The number of unbranched alkanes of at least 4 members (excludes halogenated alkanes) is 13. The number of fused-ring (bicyclic) bond motifs is 1. The van der Waals surface area contributed by atoms with Crippen LogP contribution in [0.2, 0.25) is 10.4 Å². The third-order valence-electron chi connectivity index (χ3n) is 5.65. The van der Waals surface area contributed by atoms with E-state index in [2.05, 4.69) is 19.7 Å². The molecule has 0 aromatic carbocycles. The van der Waals surface area contributed by atoms with E-state index in [0.29, 0.717) is 22.7 Å². The molecule has 0 aliphatic heterocycles. The number of aromatic nitrogens is 4. The van der Waals surface area contributed by atoms with E-state index in [1.807, 2.05) is 4.57 Å². The molecule has 0 unspecified atom stereocenters. The lowest BCUT2D eigenvalue weighted by Gasteiger charge is -2.05. The van der Waals surface area contributed by atoms with E-state index >= 15 is 0 Å². The predicted octanol–water partition coefficient (Wildman–Crippen LogP) is 7.16. The van der Waals surface area contributed by atoms with Crippen LogP contribution >= 0.6 is 23.2 Å². The molecule has 0 saturated carbocycles. The van der Waals surface area contributed by atoms with Crippen LogP contribution in [0.15, 0.2) is 6.33 Å². The number of hydrogen-bond donors (Lipinski definition) is 0. The van der Waals surface area contributed by atoms with E-state index in [-0.39, 0.29) is 11.3 Å². The minimum Gasteiger partial charge on any atom is -0.469 e. The molecule has 2 heterocycles. The summed E-state index contributed by atoms with van der Waals surface area (Å²) in [5.41, 5.74) is 1.33. The maximum Gasteiger partial charge on any atom is 0.305 e. The second-order valence-electron chi connectivity index (χ2n) is 8.17. The number of methoxy groups -OCH3 is 1. The first-order chi connectivity index (χ1) is 15.1. The number of aryl methyl sites for hydroxylation is 1. The highest BCUT2D eigenvalue weighted by atomic mass is 35.5. The van der Waals surface area contributed by atoms with Gasteiger partial charge in [0, 0.05) is 13.0 Å². The van der Waals surface area contributed by atoms with Crippen molar-refractivity contribution in [2.45, 2.75) is 103 Å². The Morgan fingerprint density at radius 1 is 0.839 bits per heavy atom. The SMILES string of the molecule is COC(=O)CCCCCCCCCCCCCCCCn1cnc2c(Cl)nc(Cl)nc21. The van der Waals surface area contributed by atoms with E-state index in [1.54, 1.807) is 6.33 Å². The number of rotatable bonds is 17. The molecule has 0 aliphatic rings. The molecule has 0 N–H and O–H groups in total. The van der Waals surface area contributed by atoms with Crippen molar-refractivity contribution in [1.29, 1.82) is 0 Å². The Morgan fingerprint density at radius 2 is 1.35 bits per heavy atom. The molecule has 0 radical (unpaired) electrons.